The van der Waals surface area contributed by atoms with Crippen molar-refractivity contribution in [1.82, 2.24) is 24.4 Å². The second-order valence-corrected chi connectivity index (χ2v) is 9.30. The molecular weight excluding hydrogens is 449 g/mol. The molecule has 178 valence electrons. The van der Waals surface area contributed by atoms with E-state index in [1.165, 1.54) is 4.90 Å². The van der Waals surface area contributed by atoms with E-state index in [9.17, 15) is 13.2 Å². The van der Waals surface area contributed by atoms with Crippen LogP contribution >= 0.6 is 11.8 Å². The highest BCUT2D eigenvalue weighted by atomic mass is 32.2. The molecule has 4 heterocycles. The number of fused-ring (bicyclic) bond motifs is 1. The summed E-state index contributed by atoms with van der Waals surface area (Å²) in [6.07, 6.45) is -2.40. The van der Waals surface area contributed by atoms with Crippen LogP contribution in [0.5, 0.6) is 0 Å². The van der Waals surface area contributed by atoms with Gasteiger partial charge in [-0.1, -0.05) is 20.4 Å². The van der Waals surface area contributed by atoms with Crippen LogP contribution in [0.1, 0.15) is 38.6 Å². The van der Waals surface area contributed by atoms with Gasteiger partial charge in [0.05, 0.1) is 17.9 Å². The molecule has 0 atom stereocenters. The fraction of sp³-hybridized carbons (Fsp3) is 0.478. The molecule has 1 fully saturated rings. The molecule has 0 aliphatic carbocycles. The van der Waals surface area contributed by atoms with Crippen molar-refractivity contribution >= 4 is 23.7 Å². The van der Waals surface area contributed by atoms with E-state index in [0.29, 0.717) is 17.2 Å². The topological polar surface area (TPSA) is 40.4 Å². The van der Waals surface area contributed by atoms with Gasteiger partial charge in [0.2, 0.25) is 0 Å². The molecule has 0 aromatic carbocycles. The maximum Gasteiger partial charge on any atom is 0.431 e. The maximum absolute atomic E-state index is 13.6. The van der Waals surface area contributed by atoms with Gasteiger partial charge in [0.15, 0.2) is 5.82 Å². The van der Waals surface area contributed by atoms with Crippen LogP contribution in [-0.4, -0.2) is 56.0 Å². The molecule has 2 aliphatic heterocycles. The van der Waals surface area contributed by atoms with Crippen LogP contribution < -0.4 is 5.01 Å². The summed E-state index contributed by atoms with van der Waals surface area (Å²) in [6.45, 7) is 12.2. The Morgan fingerprint density at radius 3 is 2.52 bits per heavy atom. The Hall–Kier alpha value is -2.46. The summed E-state index contributed by atoms with van der Waals surface area (Å²) in [6, 6.07) is 4.00. The highest BCUT2D eigenvalue weighted by Crippen LogP contribution is 2.39. The van der Waals surface area contributed by atoms with Gasteiger partial charge in [-0.05, 0) is 30.9 Å². The van der Waals surface area contributed by atoms with E-state index in [1.54, 1.807) is 18.7 Å². The van der Waals surface area contributed by atoms with E-state index in [2.05, 4.69) is 30.4 Å². The molecule has 1 saturated heterocycles. The van der Waals surface area contributed by atoms with Gasteiger partial charge in [-0.3, -0.25) is 5.01 Å². The number of rotatable bonds is 6. The standard InChI is InChI=1S/C23H29F3N6S/c1-6-30-14-17-16(13-19(30)23(24,25)26)27-22(29(17)5)21-18(33-8-3)9-10-20(28-21)32-15(4)11-12-31(32)7-2/h9-10,13H,4,6-8,11-12,14H2,1-3,5H3. The molecule has 0 N–H and O–H groups in total. The second kappa shape index (κ2) is 9.06. The van der Waals surface area contributed by atoms with Crippen LogP contribution in [0.15, 0.2) is 35.0 Å². The number of halogens is 3. The Kier molecular flexibility index (Phi) is 6.50. The number of imidazole rings is 1. The molecule has 4 rings (SSSR count). The van der Waals surface area contributed by atoms with E-state index in [0.717, 1.165) is 53.4 Å². The van der Waals surface area contributed by atoms with Crippen molar-refractivity contribution in [3.05, 3.63) is 41.5 Å². The molecule has 0 saturated carbocycles. The van der Waals surface area contributed by atoms with E-state index in [1.807, 2.05) is 28.8 Å². The molecule has 0 radical (unpaired) electrons. The Morgan fingerprint density at radius 1 is 1.12 bits per heavy atom. The zero-order valence-corrected chi connectivity index (χ0v) is 20.2. The highest BCUT2D eigenvalue weighted by molar-refractivity contribution is 7.99. The first kappa shape index (κ1) is 23.7. The van der Waals surface area contributed by atoms with Crippen LogP contribution in [0.25, 0.3) is 17.6 Å². The minimum Gasteiger partial charge on any atom is -0.362 e. The first-order chi connectivity index (χ1) is 15.7. The third kappa shape index (κ3) is 4.26. The van der Waals surface area contributed by atoms with Gasteiger partial charge in [0, 0.05) is 43.7 Å². The summed E-state index contributed by atoms with van der Waals surface area (Å²) in [5.41, 5.74) is 2.10. The molecule has 2 aliphatic rings. The molecule has 0 spiro atoms. The lowest BCUT2D eigenvalue weighted by Crippen LogP contribution is -2.35. The monoisotopic (exact) mass is 478 g/mol. The van der Waals surface area contributed by atoms with Gasteiger partial charge in [0.1, 0.15) is 17.2 Å². The van der Waals surface area contributed by atoms with Gasteiger partial charge in [-0.15, -0.1) is 11.8 Å². The summed E-state index contributed by atoms with van der Waals surface area (Å²) in [4.78, 5) is 11.9. The number of anilines is 1. The zero-order chi connectivity index (χ0) is 23.9. The Bertz CT molecular complexity index is 1090. The summed E-state index contributed by atoms with van der Waals surface area (Å²) in [7, 11) is 1.85. The molecule has 10 heteroatoms. The van der Waals surface area contributed by atoms with Crippen LogP contribution in [0.2, 0.25) is 0 Å². The van der Waals surface area contributed by atoms with Gasteiger partial charge >= 0.3 is 6.18 Å². The van der Waals surface area contributed by atoms with Crippen LogP contribution in [0, 0.1) is 0 Å². The number of hydrogen-bond acceptors (Lipinski definition) is 6. The molecular formula is C23H29F3N6S. The third-order valence-electron chi connectivity index (χ3n) is 6.05. The number of allylic oxidation sites excluding steroid dienone is 1. The predicted molar refractivity (Wildman–Crippen MR) is 126 cm³/mol. The lowest BCUT2D eigenvalue weighted by atomic mass is 10.1. The average molecular weight is 479 g/mol. The van der Waals surface area contributed by atoms with Crippen LogP contribution in [0.3, 0.4) is 0 Å². The average Bonchev–Trinajstić information content (AvgIpc) is 3.32. The predicted octanol–water partition coefficient (Wildman–Crippen LogP) is 5.29. The molecule has 2 aromatic rings. The number of hydrazine groups is 1. The van der Waals surface area contributed by atoms with Gasteiger partial charge in [-0.25, -0.2) is 15.0 Å². The van der Waals surface area contributed by atoms with E-state index in [4.69, 9.17) is 4.98 Å². The van der Waals surface area contributed by atoms with E-state index in [-0.39, 0.29) is 13.1 Å². The van der Waals surface area contributed by atoms with Crippen molar-refractivity contribution in [2.24, 2.45) is 7.05 Å². The van der Waals surface area contributed by atoms with Crippen molar-refractivity contribution in [3.63, 3.8) is 0 Å². The maximum atomic E-state index is 13.6. The number of aromatic nitrogens is 3. The molecule has 6 nitrogen and oxygen atoms in total. The number of alkyl halides is 3. The van der Waals surface area contributed by atoms with Gasteiger partial charge < -0.3 is 9.47 Å². The van der Waals surface area contributed by atoms with Crippen LogP contribution in [0.4, 0.5) is 19.0 Å². The number of thioether (sulfide) groups is 1. The number of hydrogen-bond donors (Lipinski definition) is 0. The molecule has 0 bridgehead atoms. The van der Waals surface area contributed by atoms with Gasteiger partial charge in [0.25, 0.3) is 0 Å². The van der Waals surface area contributed by atoms with E-state index < -0.39 is 11.9 Å². The molecule has 33 heavy (non-hydrogen) atoms. The van der Waals surface area contributed by atoms with Crippen molar-refractivity contribution in [3.8, 4) is 11.5 Å². The van der Waals surface area contributed by atoms with Crippen LogP contribution in [-0.2, 0) is 13.6 Å². The Morgan fingerprint density at radius 2 is 1.88 bits per heavy atom. The summed E-state index contributed by atoms with van der Waals surface area (Å²) in [5, 5.41) is 4.22. The molecule has 2 aromatic heterocycles. The highest BCUT2D eigenvalue weighted by Gasteiger charge is 2.40. The van der Waals surface area contributed by atoms with Crippen molar-refractivity contribution in [2.75, 3.05) is 30.4 Å². The number of nitrogens with zero attached hydrogens (tertiary/aromatic N) is 6. The fourth-order valence-electron chi connectivity index (χ4n) is 4.35. The number of pyridine rings is 1. The van der Waals surface area contributed by atoms with Crippen molar-refractivity contribution < 1.29 is 13.2 Å². The summed E-state index contributed by atoms with van der Waals surface area (Å²) in [5.74, 6) is 2.16. The lowest BCUT2D eigenvalue weighted by molar-refractivity contribution is -0.111. The Labute approximate surface area is 196 Å². The third-order valence-corrected chi connectivity index (χ3v) is 6.98. The molecule has 0 amide bonds. The van der Waals surface area contributed by atoms with Gasteiger partial charge in [-0.2, -0.15) is 13.2 Å². The lowest BCUT2D eigenvalue weighted by Gasteiger charge is -2.30. The second-order valence-electron chi connectivity index (χ2n) is 7.99. The minimum absolute atomic E-state index is 0.156. The zero-order valence-electron chi connectivity index (χ0n) is 19.4. The van der Waals surface area contributed by atoms with E-state index >= 15 is 0 Å². The summed E-state index contributed by atoms with van der Waals surface area (Å²) >= 11 is 1.64. The summed E-state index contributed by atoms with van der Waals surface area (Å²) < 4.78 is 42.7. The van der Waals surface area contributed by atoms with Crippen molar-refractivity contribution in [1.29, 1.82) is 0 Å². The normalized spacial score (nSPS) is 17.1. The quantitative estimate of drug-likeness (QED) is 0.525. The smallest absolute Gasteiger partial charge is 0.362 e. The minimum atomic E-state index is -4.42. The molecule has 0 unspecified atom stereocenters. The first-order valence-corrected chi connectivity index (χ1v) is 12.1. The Balaban J connectivity index is 1.84. The first-order valence-electron chi connectivity index (χ1n) is 11.2. The SMILES string of the molecule is C=C1CCN(CC)N1c1ccc(SCC)c(-c2nc3c(n2C)CN(CC)C(C(F)(F)F)=C3)n1. The largest absolute Gasteiger partial charge is 0.431 e. The van der Waals surface area contributed by atoms with Crippen molar-refractivity contribution in [2.45, 2.75) is 44.8 Å². The fourth-order valence-corrected chi connectivity index (χ4v) is 5.10.